The summed E-state index contributed by atoms with van der Waals surface area (Å²) in [6.07, 6.45) is 2.24. The van der Waals surface area contributed by atoms with E-state index < -0.39 is 5.54 Å². The van der Waals surface area contributed by atoms with E-state index in [1.807, 2.05) is 49.4 Å². The Bertz CT molecular complexity index is 483. The van der Waals surface area contributed by atoms with Crippen LogP contribution < -0.4 is 5.32 Å². The molecule has 1 atom stereocenters. The summed E-state index contributed by atoms with van der Waals surface area (Å²) in [4.78, 5) is 0. The van der Waals surface area contributed by atoms with E-state index in [0.29, 0.717) is 6.42 Å². The standard InChI is InChI=1S/C16H21NO3/c1-2-16(11-18,12-19)17-15(14-9-6-10-20-14)13-7-4-3-5-8-13/h3-10,15,17-19H,2,11-12H2,1H3. The second kappa shape index (κ2) is 6.70. The summed E-state index contributed by atoms with van der Waals surface area (Å²) in [5.41, 5.74) is 0.301. The molecule has 1 heterocycles. The van der Waals surface area contributed by atoms with Crippen molar-refractivity contribution >= 4 is 0 Å². The van der Waals surface area contributed by atoms with Gasteiger partial charge < -0.3 is 14.6 Å². The van der Waals surface area contributed by atoms with Gasteiger partial charge in [-0.2, -0.15) is 0 Å². The van der Waals surface area contributed by atoms with Crippen molar-refractivity contribution < 1.29 is 14.6 Å². The lowest BCUT2D eigenvalue weighted by Gasteiger charge is -2.34. The first-order valence-electron chi connectivity index (χ1n) is 6.82. The number of hydrogen-bond acceptors (Lipinski definition) is 4. The number of aliphatic hydroxyl groups excluding tert-OH is 2. The number of aliphatic hydroxyl groups is 2. The monoisotopic (exact) mass is 275 g/mol. The molecule has 20 heavy (non-hydrogen) atoms. The minimum atomic E-state index is -0.729. The normalized spacial score (nSPS) is 13.3. The molecule has 1 aromatic heterocycles. The van der Waals surface area contributed by atoms with Crippen LogP contribution in [0.4, 0.5) is 0 Å². The molecule has 0 radical (unpaired) electrons. The van der Waals surface area contributed by atoms with E-state index in [0.717, 1.165) is 11.3 Å². The van der Waals surface area contributed by atoms with Crippen LogP contribution in [-0.4, -0.2) is 29.0 Å². The van der Waals surface area contributed by atoms with Crippen LogP contribution in [0.15, 0.2) is 53.1 Å². The Kier molecular flexibility index (Phi) is 4.95. The molecule has 4 nitrogen and oxygen atoms in total. The molecule has 0 amide bonds. The Morgan fingerprint density at radius 1 is 1.10 bits per heavy atom. The first kappa shape index (κ1) is 14.8. The van der Waals surface area contributed by atoms with Crippen molar-refractivity contribution in [2.45, 2.75) is 24.9 Å². The SMILES string of the molecule is CCC(CO)(CO)NC(c1ccccc1)c1ccco1. The Morgan fingerprint density at radius 2 is 1.80 bits per heavy atom. The van der Waals surface area contributed by atoms with E-state index in [2.05, 4.69) is 5.32 Å². The van der Waals surface area contributed by atoms with Crippen molar-refractivity contribution in [3.05, 3.63) is 60.1 Å². The van der Waals surface area contributed by atoms with Crippen LogP contribution in [0.25, 0.3) is 0 Å². The molecular formula is C16H21NO3. The average molecular weight is 275 g/mol. The predicted molar refractivity (Wildman–Crippen MR) is 77.3 cm³/mol. The van der Waals surface area contributed by atoms with Gasteiger partial charge in [-0.15, -0.1) is 0 Å². The van der Waals surface area contributed by atoms with Crippen molar-refractivity contribution in [2.75, 3.05) is 13.2 Å². The van der Waals surface area contributed by atoms with Gasteiger partial charge in [-0.05, 0) is 24.1 Å². The van der Waals surface area contributed by atoms with Gasteiger partial charge in [-0.1, -0.05) is 37.3 Å². The maximum atomic E-state index is 9.62. The Balaban J connectivity index is 2.33. The maximum absolute atomic E-state index is 9.62. The van der Waals surface area contributed by atoms with Crippen LogP contribution in [0.1, 0.15) is 30.7 Å². The fourth-order valence-electron chi connectivity index (χ4n) is 2.19. The van der Waals surface area contributed by atoms with E-state index in [1.165, 1.54) is 0 Å². The third-order valence-corrected chi connectivity index (χ3v) is 3.69. The Labute approximate surface area is 119 Å². The molecule has 0 saturated carbocycles. The van der Waals surface area contributed by atoms with E-state index in [1.54, 1.807) is 6.26 Å². The molecule has 0 fully saturated rings. The Morgan fingerprint density at radius 3 is 2.30 bits per heavy atom. The summed E-state index contributed by atoms with van der Waals surface area (Å²) >= 11 is 0. The predicted octanol–water partition coefficient (Wildman–Crippen LogP) is 2.09. The van der Waals surface area contributed by atoms with Gasteiger partial charge in [0.15, 0.2) is 0 Å². The van der Waals surface area contributed by atoms with Crippen LogP contribution in [0, 0.1) is 0 Å². The van der Waals surface area contributed by atoms with Crippen LogP contribution >= 0.6 is 0 Å². The third kappa shape index (κ3) is 3.10. The van der Waals surface area contributed by atoms with E-state index in [-0.39, 0.29) is 19.3 Å². The fourth-order valence-corrected chi connectivity index (χ4v) is 2.19. The van der Waals surface area contributed by atoms with Crippen LogP contribution in [0.3, 0.4) is 0 Å². The second-order valence-electron chi connectivity index (χ2n) is 4.95. The zero-order valence-electron chi connectivity index (χ0n) is 11.6. The topological polar surface area (TPSA) is 65.6 Å². The first-order chi connectivity index (χ1) is 9.74. The minimum Gasteiger partial charge on any atom is -0.467 e. The van der Waals surface area contributed by atoms with Crippen molar-refractivity contribution in [1.29, 1.82) is 0 Å². The highest BCUT2D eigenvalue weighted by Gasteiger charge is 2.31. The summed E-state index contributed by atoms with van der Waals surface area (Å²) in [6, 6.07) is 13.4. The molecule has 1 unspecified atom stereocenters. The van der Waals surface area contributed by atoms with Gasteiger partial charge in [0.25, 0.3) is 0 Å². The van der Waals surface area contributed by atoms with Crippen molar-refractivity contribution in [2.24, 2.45) is 0 Å². The molecule has 0 aliphatic heterocycles. The van der Waals surface area contributed by atoms with Gasteiger partial charge in [-0.3, -0.25) is 5.32 Å². The van der Waals surface area contributed by atoms with Gasteiger partial charge in [0.05, 0.1) is 31.1 Å². The average Bonchev–Trinajstić information content (AvgIpc) is 3.04. The van der Waals surface area contributed by atoms with Gasteiger partial charge >= 0.3 is 0 Å². The molecule has 108 valence electrons. The summed E-state index contributed by atoms with van der Waals surface area (Å²) in [6.45, 7) is 1.66. The third-order valence-electron chi connectivity index (χ3n) is 3.69. The highest BCUT2D eigenvalue weighted by atomic mass is 16.3. The maximum Gasteiger partial charge on any atom is 0.125 e. The van der Waals surface area contributed by atoms with E-state index in [9.17, 15) is 10.2 Å². The van der Waals surface area contributed by atoms with Crippen molar-refractivity contribution in [1.82, 2.24) is 5.32 Å². The first-order valence-corrected chi connectivity index (χ1v) is 6.82. The molecule has 3 N–H and O–H groups in total. The summed E-state index contributed by atoms with van der Waals surface area (Å²) < 4.78 is 5.50. The van der Waals surface area contributed by atoms with Crippen LogP contribution in [-0.2, 0) is 0 Å². The number of rotatable bonds is 7. The highest BCUT2D eigenvalue weighted by molar-refractivity contribution is 5.27. The zero-order valence-corrected chi connectivity index (χ0v) is 11.6. The van der Waals surface area contributed by atoms with Gasteiger partial charge in [0, 0.05) is 0 Å². The molecule has 0 saturated heterocycles. The lowest BCUT2D eigenvalue weighted by Crippen LogP contribution is -2.52. The number of hydrogen-bond donors (Lipinski definition) is 3. The fraction of sp³-hybridized carbons (Fsp3) is 0.375. The molecule has 0 aliphatic carbocycles. The van der Waals surface area contributed by atoms with Gasteiger partial charge in [0.1, 0.15) is 5.76 Å². The molecule has 2 rings (SSSR count). The molecule has 0 bridgehead atoms. The Hall–Kier alpha value is -1.62. The van der Waals surface area contributed by atoms with Crippen LogP contribution in [0.2, 0.25) is 0 Å². The summed E-state index contributed by atoms with van der Waals surface area (Å²) in [7, 11) is 0. The number of furan rings is 1. The largest absolute Gasteiger partial charge is 0.467 e. The molecular weight excluding hydrogens is 254 g/mol. The summed E-state index contributed by atoms with van der Waals surface area (Å²) in [5, 5.41) is 22.6. The van der Waals surface area contributed by atoms with Gasteiger partial charge in [-0.25, -0.2) is 0 Å². The minimum absolute atomic E-state index is 0.135. The van der Waals surface area contributed by atoms with E-state index >= 15 is 0 Å². The van der Waals surface area contributed by atoms with Gasteiger partial charge in [0.2, 0.25) is 0 Å². The smallest absolute Gasteiger partial charge is 0.125 e. The highest BCUT2D eigenvalue weighted by Crippen LogP contribution is 2.26. The molecule has 2 aromatic rings. The van der Waals surface area contributed by atoms with Crippen molar-refractivity contribution in [3.8, 4) is 0 Å². The summed E-state index contributed by atoms with van der Waals surface area (Å²) in [5.74, 6) is 0.760. The molecule has 0 spiro atoms. The molecule has 4 heteroatoms. The lowest BCUT2D eigenvalue weighted by atomic mass is 9.94. The van der Waals surface area contributed by atoms with Crippen molar-refractivity contribution in [3.63, 3.8) is 0 Å². The van der Waals surface area contributed by atoms with Crippen LogP contribution in [0.5, 0.6) is 0 Å². The number of nitrogens with one attached hydrogen (secondary N) is 1. The second-order valence-corrected chi connectivity index (χ2v) is 4.95. The zero-order chi connectivity index (χ0) is 14.4. The van der Waals surface area contributed by atoms with E-state index in [4.69, 9.17) is 4.42 Å². The molecule has 0 aliphatic rings. The number of benzene rings is 1. The molecule has 1 aromatic carbocycles. The quantitative estimate of drug-likeness (QED) is 0.724. The lowest BCUT2D eigenvalue weighted by molar-refractivity contribution is 0.0792.